The highest BCUT2D eigenvalue weighted by Gasteiger charge is 2.31. The molecule has 1 fully saturated rings. The van der Waals surface area contributed by atoms with Gasteiger partial charge in [-0.2, -0.15) is 5.26 Å². The van der Waals surface area contributed by atoms with Crippen LogP contribution in [0.15, 0.2) is 36.4 Å². The fourth-order valence-electron chi connectivity index (χ4n) is 3.94. The normalized spacial score (nSPS) is 16.0. The number of hydrogen-bond donors (Lipinski definition) is 2. The third kappa shape index (κ3) is 3.55. The number of halogens is 1. The van der Waals surface area contributed by atoms with Gasteiger partial charge in [0.05, 0.1) is 34.7 Å². The van der Waals surface area contributed by atoms with E-state index in [0.717, 1.165) is 30.3 Å². The standard InChI is InChI=1S/C23H23FN4O2/c1-14-10-19-20(11-15(14)13-25)28(16-6-5-7-16)22(26-19)27-21(29)12-23(2,30)17-8-3-4-9-18(17)24/h3-4,8-11,16,30H,5-7,12H2,1-2H3,(H,26,27,29). The van der Waals surface area contributed by atoms with Crippen molar-refractivity contribution in [1.29, 1.82) is 5.26 Å². The number of rotatable bonds is 5. The predicted molar refractivity (Wildman–Crippen MR) is 111 cm³/mol. The first kappa shape index (κ1) is 20.0. The Bertz CT molecular complexity index is 1170. The second-order valence-corrected chi connectivity index (χ2v) is 8.14. The van der Waals surface area contributed by atoms with Gasteiger partial charge in [0.25, 0.3) is 0 Å². The van der Waals surface area contributed by atoms with E-state index in [2.05, 4.69) is 16.4 Å². The fourth-order valence-corrected chi connectivity index (χ4v) is 3.94. The summed E-state index contributed by atoms with van der Waals surface area (Å²) in [6.07, 6.45) is 2.72. The van der Waals surface area contributed by atoms with E-state index in [0.29, 0.717) is 17.0 Å². The van der Waals surface area contributed by atoms with Crippen LogP contribution in [-0.4, -0.2) is 20.6 Å². The summed E-state index contributed by atoms with van der Waals surface area (Å²) in [5.74, 6) is -0.633. The molecule has 4 rings (SSSR count). The van der Waals surface area contributed by atoms with Gasteiger partial charge in [-0.3, -0.25) is 10.1 Å². The minimum absolute atomic E-state index is 0.0712. The zero-order chi connectivity index (χ0) is 21.5. The number of fused-ring (bicyclic) bond motifs is 1. The average molecular weight is 406 g/mol. The number of nitrogens with one attached hydrogen (secondary N) is 1. The molecule has 1 heterocycles. The van der Waals surface area contributed by atoms with E-state index in [-0.39, 0.29) is 18.0 Å². The first-order chi connectivity index (χ1) is 14.3. The van der Waals surface area contributed by atoms with Crippen molar-refractivity contribution in [3.05, 3.63) is 58.9 Å². The molecule has 1 saturated carbocycles. The molecule has 1 aliphatic rings. The smallest absolute Gasteiger partial charge is 0.229 e. The molecule has 1 aliphatic carbocycles. The molecule has 6 nitrogen and oxygen atoms in total. The monoisotopic (exact) mass is 406 g/mol. The van der Waals surface area contributed by atoms with Gasteiger partial charge in [-0.1, -0.05) is 18.2 Å². The molecule has 1 unspecified atom stereocenters. The lowest BCUT2D eigenvalue weighted by atomic mass is 9.91. The van der Waals surface area contributed by atoms with E-state index in [1.54, 1.807) is 12.1 Å². The Labute approximate surface area is 174 Å². The molecule has 1 aromatic heterocycles. The molecule has 0 aliphatic heterocycles. The van der Waals surface area contributed by atoms with Crippen LogP contribution in [0.25, 0.3) is 11.0 Å². The van der Waals surface area contributed by atoms with Crippen molar-refractivity contribution in [1.82, 2.24) is 9.55 Å². The molecule has 2 N–H and O–H groups in total. The molecule has 0 bridgehead atoms. The largest absolute Gasteiger partial charge is 0.385 e. The summed E-state index contributed by atoms with van der Waals surface area (Å²) in [7, 11) is 0. The van der Waals surface area contributed by atoms with Crippen LogP contribution < -0.4 is 5.32 Å². The van der Waals surface area contributed by atoms with E-state index in [1.807, 2.05) is 17.6 Å². The van der Waals surface area contributed by atoms with E-state index < -0.39 is 17.3 Å². The van der Waals surface area contributed by atoms with Crippen molar-refractivity contribution in [3.8, 4) is 6.07 Å². The molecular formula is C23H23FN4O2. The third-order valence-corrected chi connectivity index (χ3v) is 5.81. The van der Waals surface area contributed by atoms with Crippen LogP contribution in [0.2, 0.25) is 0 Å². The Balaban J connectivity index is 1.65. The molecule has 154 valence electrons. The van der Waals surface area contributed by atoms with E-state index in [4.69, 9.17) is 0 Å². The summed E-state index contributed by atoms with van der Waals surface area (Å²) in [5.41, 5.74) is 1.31. The van der Waals surface area contributed by atoms with Crippen molar-refractivity contribution >= 4 is 22.9 Å². The Morgan fingerprint density at radius 3 is 2.77 bits per heavy atom. The van der Waals surface area contributed by atoms with Crippen molar-refractivity contribution in [2.24, 2.45) is 0 Å². The van der Waals surface area contributed by atoms with Crippen LogP contribution in [0.4, 0.5) is 10.3 Å². The van der Waals surface area contributed by atoms with Gasteiger partial charge in [0.1, 0.15) is 5.82 Å². The number of hydrogen-bond acceptors (Lipinski definition) is 4. The molecule has 0 spiro atoms. The minimum Gasteiger partial charge on any atom is -0.385 e. The number of benzene rings is 2. The first-order valence-electron chi connectivity index (χ1n) is 10.00. The second-order valence-electron chi connectivity index (χ2n) is 8.14. The van der Waals surface area contributed by atoms with E-state index >= 15 is 0 Å². The van der Waals surface area contributed by atoms with Gasteiger partial charge in [0.2, 0.25) is 11.9 Å². The van der Waals surface area contributed by atoms with Crippen LogP contribution in [0, 0.1) is 24.1 Å². The molecule has 3 aromatic rings. The minimum atomic E-state index is -1.66. The number of aliphatic hydroxyl groups is 1. The molecule has 0 saturated heterocycles. The predicted octanol–water partition coefficient (Wildman–Crippen LogP) is 4.32. The Morgan fingerprint density at radius 1 is 1.40 bits per heavy atom. The lowest BCUT2D eigenvalue weighted by Gasteiger charge is -2.29. The Kier molecular flexibility index (Phi) is 5.04. The summed E-state index contributed by atoms with van der Waals surface area (Å²) in [6.45, 7) is 3.27. The number of carbonyl (C=O) groups is 1. The van der Waals surface area contributed by atoms with Gasteiger partial charge in [0.15, 0.2) is 0 Å². The fraction of sp³-hybridized carbons (Fsp3) is 0.348. The summed E-state index contributed by atoms with van der Waals surface area (Å²) in [6, 6.07) is 11.9. The van der Waals surface area contributed by atoms with Gasteiger partial charge in [-0.15, -0.1) is 0 Å². The SMILES string of the molecule is Cc1cc2nc(NC(=O)CC(C)(O)c3ccccc3F)n(C3CCC3)c2cc1C#N. The van der Waals surface area contributed by atoms with Crippen molar-refractivity contribution in [2.45, 2.75) is 51.2 Å². The second kappa shape index (κ2) is 7.54. The molecular weight excluding hydrogens is 383 g/mol. The highest BCUT2D eigenvalue weighted by Crippen LogP contribution is 2.38. The quantitative estimate of drug-likeness (QED) is 0.660. The van der Waals surface area contributed by atoms with E-state index in [9.17, 15) is 19.6 Å². The number of carbonyl (C=O) groups excluding carboxylic acids is 1. The van der Waals surface area contributed by atoms with Gasteiger partial charge >= 0.3 is 0 Å². The van der Waals surface area contributed by atoms with Gasteiger partial charge in [-0.25, -0.2) is 9.37 Å². The molecule has 7 heteroatoms. The number of imidazole rings is 1. The zero-order valence-corrected chi connectivity index (χ0v) is 16.9. The van der Waals surface area contributed by atoms with Gasteiger partial charge < -0.3 is 9.67 Å². The topological polar surface area (TPSA) is 90.9 Å². The lowest BCUT2D eigenvalue weighted by molar-refractivity contribution is -0.120. The molecule has 2 aromatic carbocycles. The molecule has 1 amide bonds. The van der Waals surface area contributed by atoms with Crippen molar-refractivity contribution in [2.75, 3.05) is 5.32 Å². The third-order valence-electron chi connectivity index (χ3n) is 5.81. The van der Waals surface area contributed by atoms with Crippen LogP contribution >= 0.6 is 0 Å². The van der Waals surface area contributed by atoms with Gasteiger partial charge in [0, 0.05) is 11.6 Å². The first-order valence-corrected chi connectivity index (χ1v) is 10.00. The average Bonchev–Trinajstić information content (AvgIpc) is 2.95. The van der Waals surface area contributed by atoms with E-state index in [1.165, 1.54) is 25.1 Å². The van der Waals surface area contributed by atoms with Gasteiger partial charge in [-0.05, 0) is 56.9 Å². The number of aryl methyl sites for hydroxylation is 1. The van der Waals surface area contributed by atoms with Crippen LogP contribution in [-0.2, 0) is 10.4 Å². The number of nitrogens with zero attached hydrogens (tertiary/aromatic N) is 3. The Morgan fingerprint density at radius 2 is 2.13 bits per heavy atom. The summed E-state index contributed by atoms with van der Waals surface area (Å²) < 4.78 is 16.1. The number of nitriles is 1. The van der Waals surface area contributed by atoms with Crippen molar-refractivity contribution in [3.63, 3.8) is 0 Å². The number of anilines is 1. The maximum Gasteiger partial charge on any atom is 0.229 e. The molecule has 1 atom stereocenters. The molecule has 0 radical (unpaired) electrons. The highest BCUT2D eigenvalue weighted by atomic mass is 19.1. The zero-order valence-electron chi connectivity index (χ0n) is 16.9. The maximum absolute atomic E-state index is 14.1. The number of aromatic nitrogens is 2. The van der Waals surface area contributed by atoms with Crippen LogP contribution in [0.3, 0.4) is 0 Å². The summed E-state index contributed by atoms with van der Waals surface area (Å²) in [4.78, 5) is 17.3. The van der Waals surface area contributed by atoms with Crippen LogP contribution in [0.5, 0.6) is 0 Å². The van der Waals surface area contributed by atoms with Crippen LogP contribution in [0.1, 0.15) is 55.3 Å². The lowest BCUT2D eigenvalue weighted by Crippen LogP contribution is -2.30. The summed E-state index contributed by atoms with van der Waals surface area (Å²) in [5, 5.41) is 22.9. The van der Waals surface area contributed by atoms with Crippen molar-refractivity contribution < 1.29 is 14.3 Å². The maximum atomic E-state index is 14.1. The number of amides is 1. The summed E-state index contributed by atoms with van der Waals surface area (Å²) >= 11 is 0. The Hall–Kier alpha value is -3.24. The highest BCUT2D eigenvalue weighted by molar-refractivity contribution is 5.92. The molecule has 30 heavy (non-hydrogen) atoms.